The molecule has 0 fully saturated rings. The van der Waals surface area contributed by atoms with E-state index in [1.54, 1.807) is 23.6 Å². The molecule has 1 atom stereocenters. The van der Waals surface area contributed by atoms with Gasteiger partial charge in [0.05, 0.1) is 23.6 Å². The highest BCUT2D eigenvalue weighted by Crippen LogP contribution is 2.24. The summed E-state index contributed by atoms with van der Waals surface area (Å²) in [7, 11) is 0. The smallest absolute Gasteiger partial charge is 0.230 e. The van der Waals surface area contributed by atoms with E-state index >= 15 is 0 Å². The van der Waals surface area contributed by atoms with Crippen LogP contribution in [0.15, 0.2) is 29.6 Å². The quantitative estimate of drug-likeness (QED) is 0.817. The van der Waals surface area contributed by atoms with Gasteiger partial charge in [-0.25, -0.2) is 0 Å². The first kappa shape index (κ1) is 17.8. The Bertz CT molecular complexity index is 739. The number of hydrogen-bond donors (Lipinski definition) is 2. The summed E-state index contributed by atoms with van der Waals surface area (Å²) in [6, 6.07) is 9.29. The monoisotopic (exact) mass is 368 g/mol. The van der Waals surface area contributed by atoms with Crippen molar-refractivity contribution in [2.24, 2.45) is 0 Å². The molecule has 3 N–H and O–H groups in total. The van der Waals surface area contributed by atoms with Crippen LogP contribution in [0.1, 0.15) is 30.5 Å². The molecule has 7 heteroatoms. The molecule has 0 bridgehead atoms. The van der Waals surface area contributed by atoms with Crippen LogP contribution in [-0.2, 0) is 4.79 Å². The number of quaternary nitrogens is 1. The van der Waals surface area contributed by atoms with Gasteiger partial charge in [-0.05, 0) is 30.5 Å². The molecule has 0 saturated heterocycles. The van der Waals surface area contributed by atoms with E-state index in [2.05, 4.69) is 5.32 Å². The summed E-state index contributed by atoms with van der Waals surface area (Å²) in [6.07, 6.45) is 0.359. The normalized spacial score (nSPS) is 11.7. The zero-order valence-corrected chi connectivity index (χ0v) is 14.8. The third-order valence-corrected chi connectivity index (χ3v) is 4.78. The lowest BCUT2D eigenvalue weighted by molar-refractivity contribution is -0.691. The van der Waals surface area contributed by atoms with E-state index in [0.29, 0.717) is 33.6 Å². The highest BCUT2D eigenvalue weighted by Gasteiger charge is 2.14. The van der Waals surface area contributed by atoms with Crippen LogP contribution in [0.3, 0.4) is 0 Å². The Morgan fingerprint density at radius 1 is 1.43 bits per heavy atom. The van der Waals surface area contributed by atoms with Gasteiger partial charge in [-0.1, -0.05) is 29.3 Å². The van der Waals surface area contributed by atoms with E-state index in [1.165, 1.54) is 11.3 Å². The van der Waals surface area contributed by atoms with E-state index in [0.717, 1.165) is 5.56 Å². The molecule has 0 aliphatic carbocycles. The van der Waals surface area contributed by atoms with Crippen LogP contribution in [0.4, 0.5) is 5.00 Å². The minimum Gasteiger partial charge on any atom is -0.340 e. The van der Waals surface area contributed by atoms with Gasteiger partial charge in [0, 0.05) is 10.6 Å². The molecule has 0 spiro atoms. The first-order chi connectivity index (χ1) is 11.0. The van der Waals surface area contributed by atoms with Crippen LogP contribution in [0.2, 0.25) is 10.0 Å². The van der Waals surface area contributed by atoms with Crippen molar-refractivity contribution in [1.29, 1.82) is 5.26 Å². The molecule has 2 rings (SSSR count). The Kier molecular flexibility index (Phi) is 6.43. The maximum atomic E-state index is 11.9. The van der Waals surface area contributed by atoms with Crippen molar-refractivity contribution in [3.05, 3.63) is 50.8 Å². The standard InChI is InChI=1S/C16H15Cl2N3OS/c1-10(13-3-2-12(17)8-14(13)18)20-6-4-15(22)21-16-11(9-19)5-7-23-16/h2-3,5,7-8,10,20H,4,6H2,1H3,(H,21,22)/p+1/t10-/m1/s1. The second kappa shape index (κ2) is 8.32. The highest BCUT2D eigenvalue weighted by molar-refractivity contribution is 7.14. The van der Waals surface area contributed by atoms with Crippen LogP contribution < -0.4 is 10.6 Å². The van der Waals surface area contributed by atoms with Crippen molar-refractivity contribution in [3.63, 3.8) is 0 Å². The van der Waals surface area contributed by atoms with Gasteiger partial charge in [-0.2, -0.15) is 5.26 Å². The topological polar surface area (TPSA) is 69.5 Å². The van der Waals surface area contributed by atoms with E-state index in [1.807, 2.05) is 24.4 Å². The van der Waals surface area contributed by atoms with Crippen LogP contribution in [-0.4, -0.2) is 12.5 Å². The van der Waals surface area contributed by atoms with E-state index < -0.39 is 0 Å². The predicted molar refractivity (Wildman–Crippen MR) is 94.0 cm³/mol. The number of hydrogen-bond acceptors (Lipinski definition) is 3. The number of amides is 1. The minimum atomic E-state index is -0.102. The van der Waals surface area contributed by atoms with Crippen molar-refractivity contribution in [2.75, 3.05) is 11.9 Å². The number of anilines is 1. The number of thiophene rings is 1. The first-order valence-electron chi connectivity index (χ1n) is 7.07. The van der Waals surface area contributed by atoms with Crippen molar-refractivity contribution >= 4 is 45.4 Å². The largest absolute Gasteiger partial charge is 0.340 e. The van der Waals surface area contributed by atoms with Crippen LogP contribution in [0.5, 0.6) is 0 Å². The number of nitrogens with one attached hydrogen (secondary N) is 1. The molecule has 0 radical (unpaired) electrons. The second-order valence-electron chi connectivity index (χ2n) is 5.05. The Morgan fingerprint density at radius 2 is 2.22 bits per heavy atom. The van der Waals surface area contributed by atoms with Gasteiger partial charge in [0.2, 0.25) is 5.91 Å². The van der Waals surface area contributed by atoms with Crippen molar-refractivity contribution < 1.29 is 10.1 Å². The molecule has 1 aromatic carbocycles. The summed E-state index contributed by atoms with van der Waals surface area (Å²) in [5.74, 6) is -0.102. The molecule has 0 aliphatic rings. The summed E-state index contributed by atoms with van der Waals surface area (Å²) in [4.78, 5) is 11.9. The highest BCUT2D eigenvalue weighted by atomic mass is 35.5. The molecule has 23 heavy (non-hydrogen) atoms. The van der Waals surface area contributed by atoms with Crippen molar-refractivity contribution in [2.45, 2.75) is 19.4 Å². The van der Waals surface area contributed by atoms with Crippen molar-refractivity contribution in [3.8, 4) is 6.07 Å². The number of carbonyl (C=O) groups is 1. The second-order valence-corrected chi connectivity index (χ2v) is 6.81. The fraction of sp³-hybridized carbons (Fsp3) is 0.250. The number of rotatable bonds is 6. The predicted octanol–water partition coefficient (Wildman–Crippen LogP) is 3.58. The minimum absolute atomic E-state index is 0.102. The molecule has 4 nitrogen and oxygen atoms in total. The van der Waals surface area contributed by atoms with E-state index in [9.17, 15) is 4.79 Å². The van der Waals surface area contributed by atoms with Gasteiger partial charge in [-0.3, -0.25) is 4.79 Å². The zero-order chi connectivity index (χ0) is 16.8. The summed E-state index contributed by atoms with van der Waals surface area (Å²) in [5, 5.41) is 17.4. The molecule has 1 aromatic heterocycles. The third kappa shape index (κ3) is 4.95. The summed E-state index contributed by atoms with van der Waals surface area (Å²) >= 11 is 13.4. The summed E-state index contributed by atoms with van der Waals surface area (Å²) < 4.78 is 0. The number of halogens is 2. The Hall–Kier alpha value is -1.58. The van der Waals surface area contributed by atoms with E-state index in [-0.39, 0.29) is 11.9 Å². The molecule has 0 unspecified atom stereocenters. The maximum Gasteiger partial charge on any atom is 0.230 e. The number of nitrogens with zero attached hydrogens (tertiary/aromatic N) is 1. The van der Waals surface area contributed by atoms with Crippen LogP contribution >= 0.6 is 34.5 Å². The lowest BCUT2D eigenvalue weighted by Gasteiger charge is -2.12. The molecular formula is C16H16Cl2N3OS+. The van der Waals surface area contributed by atoms with Gasteiger partial charge in [-0.15, -0.1) is 11.3 Å². The van der Waals surface area contributed by atoms with Crippen molar-refractivity contribution in [1.82, 2.24) is 0 Å². The maximum absolute atomic E-state index is 11.9. The van der Waals surface area contributed by atoms with Gasteiger partial charge < -0.3 is 10.6 Å². The summed E-state index contributed by atoms with van der Waals surface area (Å²) in [5.41, 5.74) is 1.48. The van der Waals surface area contributed by atoms with Crippen LogP contribution in [0.25, 0.3) is 0 Å². The average Bonchev–Trinajstić information content (AvgIpc) is 2.94. The number of benzene rings is 1. The van der Waals surface area contributed by atoms with Gasteiger partial charge >= 0.3 is 0 Å². The Balaban J connectivity index is 1.82. The molecule has 1 amide bonds. The average molecular weight is 369 g/mol. The lowest BCUT2D eigenvalue weighted by atomic mass is 10.1. The van der Waals surface area contributed by atoms with E-state index in [4.69, 9.17) is 28.5 Å². The first-order valence-corrected chi connectivity index (χ1v) is 8.70. The fourth-order valence-corrected chi connectivity index (χ4v) is 3.48. The van der Waals surface area contributed by atoms with Crippen LogP contribution in [0, 0.1) is 11.3 Å². The molecule has 120 valence electrons. The van der Waals surface area contributed by atoms with Gasteiger partial charge in [0.25, 0.3) is 0 Å². The molecular weight excluding hydrogens is 353 g/mol. The molecule has 0 aliphatic heterocycles. The number of nitrogens with two attached hydrogens (primary N) is 1. The third-order valence-electron chi connectivity index (χ3n) is 3.38. The SMILES string of the molecule is C[C@@H]([NH2+]CCC(=O)Nc1sccc1C#N)c1ccc(Cl)cc1Cl. The fourth-order valence-electron chi connectivity index (χ4n) is 2.15. The molecule has 1 heterocycles. The Morgan fingerprint density at radius 3 is 2.91 bits per heavy atom. The van der Waals surface area contributed by atoms with Gasteiger partial charge in [0.15, 0.2) is 0 Å². The Labute approximate surface area is 149 Å². The zero-order valence-electron chi connectivity index (χ0n) is 12.5. The number of nitriles is 1. The lowest BCUT2D eigenvalue weighted by Crippen LogP contribution is -2.85. The number of carbonyl (C=O) groups excluding carboxylic acids is 1. The molecule has 0 saturated carbocycles. The van der Waals surface area contributed by atoms with Gasteiger partial charge in [0.1, 0.15) is 17.1 Å². The summed E-state index contributed by atoms with van der Waals surface area (Å²) in [6.45, 7) is 2.65. The molecule has 2 aromatic rings.